The van der Waals surface area contributed by atoms with Crippen molar-refractivity contribution >= 4 is 16.0 Å². The summed E-state index contributed by atoms with van der Waals surface area (Å²) in [6, 6.07) is 1.49. The van der Waals surface area contributed by atoms with Gasteiger partial charge in [0.15, 0.2) is 5.76 Å². The first kappa shape index (κ1) is 12.7. The summed E-state index contributed by atoms with van der Waals surface area (Å²) < 4.78 is 28.7. The van der Waals surface area contributed by atoms with Crippen molar-refractivity contribution in [3.8, 4) is 0 Å². The Bertz CT molecular complexity index is 478. The Morgan fingerprint density at radius 1 is 1.62 bits per heavy atom. The van der Waals surface area contributed by atoms with E-state index in [1.54, 1.807) is 6.92 Å². The molecule has 0 saturated heterocycles. The molecular formula is C8H12N2O5S. The van der Waals surface area contributed by atoms with Crippen LogP contribution in [0.4, 0.5) is 0 Å². The number of rotatable bonds is 5. The molecule has 0 radical (unpaired) electrons. The first-order valence-corrected chi connectivity index (χ1v) is 6.00. The van der Waals surface area contributed by atoms with Crippen LogP contribution in [-0.2, 0) is 20.6 Å². The van der Waals surface area contributed by atoms with E-state index < -0.39 is 28.3 Å². The SMILES string of the molecule is Cc1cc(CS(=O)(=O)N(C)CC(=O)O)on1. The fourth-order valence-corrected chi connectivity index (χ4v) is 2.09. The number of carboxylic acid groups (broad SMARTS) is 1. The number of hydrogen-bond acceptors (Lipinski definition) is 5. The Kier molecular flexibility index (Phi) is 3.66. The van der Waals surface area contributed by atoms with Crippen LogP contribution in [-0.4, -0.2) is 42.5 Å². The van der Waals surface area contributed by atoms with Gasteiger partial charge in [-0.3, -0.25) is 4.79 Å². The second kappa shape index (κ2) is 4.62. The van der Waals surface area contributed by atoms with Gasteiger partial charge in [-0.2, -0.15) is 4.31 Å². The molecule has 0 unspecified atom stereocenters. The summed E-state index contributed by atoms with van der Waals surface area (Å²) in [7, 11) is -2.48. The first-order chi connectivity index (χ1) is 7.31. The van der Waals surface area contributed by atoms with E-state index in [1.807, 2.05) is 0 Å². The molecule has 0 bridgehead atoms. The summed E-state index contributed by atoms with van der Waals surface area (Å²) in [4.78, 5) is 10.4. The largest absolute Gasteiger partial charge is 0.480 e. The fraction of sp³-hybridized carbons (Fsp3) is 0.500. The van der Waals surface area contributed by atoms with Gasteiger partial charge < -0.3 is 9.63 Å². The molecule has 0 saturated carbocycles. The minimum absolute atomic E-state index is 0.190. The highest BCUT2D eigenvalue weighted by atomic mass is 32.2. The molecule has 1 N–H and O–H groups in total. The Morgan fingerprint density at radius 2 is 2.25 bits per heavy atom. The number of carbonyl (C=O) groups is 1. The molecule has 0 atom stereocenters. The van der Waals surface area contributed by atoms with Crippen molar-refractivity contribution in [3.05, 3.63) is 17.5 Å². The molecule has 1 aromatic heterocycles. The zero-order valence-corrected chi connectivity index (χ0v) is 9.69. The summed E-state index contributed by atoms with van der Waals surface area (Å²) in [5.74, 6) is -1.41. The van der Waals surface area contributed by atoms with Crippen LogP contribution >= 0.6 is 0 Å². The summed E-state index contributed by atoms with van der Waals surface area (Å²) in [5, 5.41) is 12.0. The highest BCUT2D eigenvalue weighted by molar-refractivity contribution is 7.88. The second-order valence-electron chi connectivity index (χ2n) is 3.34. The van der Waals surface area contributed by atoms with E-state index >= 15 is 0 Å². The monoisotopic (exact) mass is 248 g/mol. The fourth-order valence-electron chi connectivity index (χ4n) is 1.06. The molecule has 1 rings (SSSR count). The molecule has 0 fully saturated rings. The van der Waals surface area contributed by atoms with Crippen molar-refractivity contribution in [1.82, 2.24) is 9.46 Å². The lowest BCUT2D eigenvalue weighted by molar-refractivity contribution is -0.137. The van der Waals surface area contributed by atoms with Gasteiger partial charge in [0.05, 0.1) is 5.69 Å². The number of likely N-dealkylation sites (N-methyl/N-ethyl adjacent to an activating group) is 1. The normalized spacial score (nSPS) is 11.9. The van der Waals surface area contributed by atoms with E-state index in [1.165, 1.54) is 13.1 Å². The van der Waals surface area contributed by atoms with Crippen LogP contribution in [0, 0.1) is 6.92 Å². The third-order valence-corrected chi connectivity index (χ3v) is 3.56. The van der Waals surface area contributed by atoms with E-state index in [2.05, 4.69) is 5.16 Å². The van der Waals surface area contributed by atoms with Crippen molar-refractivity contribution in [2.24, 2.45) is 0 Å². The minimum atomic E-state index is -3.68. The Balaban J connectivity index is 2.75. The molecule has 7 nitrogen and oxygen atoms in total. The predicted octanol–water partition coefficient (Wildman–Crippen LogP) is -0.171. The Labute approximate surface area is 92.7 Å². The molecule has 1 heterocycles. The van der Waals surface area contributed by atoms with Crippen LogP contribution < -0.4 is 0 Å². The average molecular weight is 248 g/mol. The lowest BCUT2D eigenvalue weighted by Gasteiger charge is -2.13. The molecule has 0 spiro atoms. The van der Waals surface area contributed by atoms with Crippen molar-refractivity contribution < 1.29 is 22.8 Å². The Morgan fingerprint density at radius 3 is 2.69 bits per heavy atom. The lowest BCUT2D eigenvalue weighted by atomic mass is 10.4. The molecule has 8 heteroatoms. The highest BCUT2D eigenvalue weighted by Gasteiger charge is 2.22. The summed E-state index contributed by atoms with van der Waals surface area (Å²) in [6.45, 7) is 1.09. The number of sulfonamides is 1. The van der Waals surface area contributed by atoms with Crippen molar-refractivity contribution in [2.45, 2.75) is 12.7 Å². The van der Waals surface area contributed by atoms with E-state index in [4.69, 9.17) is 9.63 Å². The van der Waals surface area contributed by atoms with E-state index in [0.29, 0.717) is 5.69 Å². The number of aliphatic carboxylic acids is 1. The molecule has 0 aliphatic rings. The molecule has 16 heavy (non-hydrogen) atoms. The molecule has 0 aliphatic heterocycles. The summed E-state index contributed by atoms with van der Waals surface area (Å²) in [6.07, 6.45) is 0. The maximum Gasteiger partial charge on any atom is 0.318 e. The van der Waals surface area contributed by atoms with Gasteiger partial charge in [-0.1, -0.05) is 5.16 Å². The number of nitrogens with zero attached hydrogens (tertiary/aromatic N) is 2. The van der Waals surface area contributed by atoms with Gasteiger partial charge in [-0.25, -0.2) is 8.42 Å². The predicted molar refractivity (Wildman–Crippen MR) is 54.1 cm³/mol. The maximum atomic E-state index is 11.6. The van der Waals surface area contributed by atoms with Gasteiger partial charge in [-0.15, -0.1) is 0 Å². The van der Waals surface area contributed by atoms with E-state index in [9.17, 15) is 13.2 Å². The third-order valence-electron chi connectivity index (χ3n) is 1.83. The highest BCUT2D eigenvalue weighted by Crippen LogP contribution is 2.10. The first-order valence-electron chi connectivity index (χ1n) is 4.39. The molecule has 1 aromatic rings. The molecule has 0 aromatic carbocycles. The number of carboxylic acids is 1. The third kappa shape index (κ3) is 3.31. The number of aryl methyl sites for hydroxylation is 1. The maximum absolute atomic E-state index is 11.6. The van der Waals surface area contributed by atoms with Gasteiger partial charge in [0.1, 0.15) is 12.3 Å². The van der Waals surface area contributed by atoms with Crippen LogP contribution in [0.25, 0.3) is 0 Å². The Hall–Kier alpha value is -1.41. The van der Waals surface area contributed by atoms with Crippen LogP contribution in [0.5, 0.6) is 0 Å². The molecular weight excluding hydrogens is 236 g/mol. The van der Waals surface area contributed by atoms with Gasteiger partial charge in [-0.05, 0) is 6.92 Å². The lowest BCUT2D eigenvalue weighted by Crippen LogP contribution is -2.32. The standard InChI is InChI=1S/C8H12N2O5S/c1-6-3-7(15-9-6)5-16(13,14)10(2)4-8(11)12/h3H,4-5H2,1-2H3,(H,11,12). The number of aromatic nitrogens is 1. The number of hydrogen-bond donors (Lipinski definition) is 1. The van der Waals surface area contributed by atoms with E-state index in [-0.39, 0.29) is 5.76 Å². The van der Waals surface area contributed by atoms with Crippen LogP contribution in [0.1, 0.15) is 11.5 Å². The van der Waals surface area contributed by atoms with Gasteiger partial charge in [0.2, 0.25) is 10.0 Å². The summed E-state index contributed by atoms with van der Waals surface area (Å²) >= 11 is 0. The van der Waals surface area contributed by atoms with Crippen molar-refractivity contribution in [2.75, 3.05) is 13.6 Å². The van der Waals surface area contributed by atoms with Gasteiger partial charge >= 0.3 is 5.97 Å². The second-order valence-corrected chi connectivity index (χ2v) is 5.42. The average Bonchev–Trinajstić information content (AvgIpc) is 2.49. The van der Waals surface area contributed by atoms with Gasteiger partial charge in [0.25, 0.3) is 0 Å². The zero-order chi connectivity index (χ0) is 12.3. The molecule has 0 aliphatic carbocycles. The van der Waals surface area contributed by atoms with Crippen molar-refractivity contribution in [1.29, 1.82) is 0 Å². The van der Waals surface area contributed by atoms with Crippen LogP contribution in [0.2, 0.25) is 0 Å². The van der Waals surface area contributed by atoms with Crippen molar-refractivity contribution in [3.63, 3.8) is 0 Å². The quantitative estimate of drug-likeness (QED) is 0.776. The topological polar surface area (TPSA) is 101 Å². The summed E-state index contributed by atoms with van der Waals surface area (Å²) in [5.41, 5.74) is 0.575. The minimum Gasteiger partial charge on any atom is -0.480 e. The van der Waals surface area contributed by atoms with Crippen LogP contribution in [0.3, 0.4) is 0 Å². The van der Waals surface area contributed by atoms with Gasteiger partial charge in [0, 0.05) is 13.1 Å². The molecule has 0 amide bonds. The zero-order valence-electron chi connectivity index (χ0n) is 8.87. The molecule has 90 valence electrons. The van der Waals surface area contributed by atoms with E-state index in [0.717, 1.165) is 4.31 Å². The van der Waals surface area contributed by atoms with Crippen LogP contribution in [0.15, 0.2) is 10.6 Å². The smallest absolute Gasteiger partial charge is 0.318 e.